The molecule has 2 N–H and O–H groups in total. The molecule has 0 amide bonds. The lowest BCUT2D eigenvalue weighted by Gasteiger charge is -2.33. The van der Waals surface area contributed by atoms with Gasteiger partial charge in [0.2, 0.25) is 0 Å². The first-order valence-electron chi connectivity index (χ1n) is 11.6. The van der Waals surface area contributed by atoms with Gasteiger partial charge in [0.1, 0.15) is 11.6 Å². The molecule has 1 fully saturated rings. The zero-order chi connectivity index (χ0) is 21.5. The van der Waals surface area contributed by atoms with Gasteiger partial charge in [-0.05, 0) is 57.3 Å². The Morgan fingerprint density at radius 1 is 1.19 bits per heavy atom. The van der Waals surface area contributed by atoms with Gasteiger partial charge in [-0.3, -0.25) is 14.5 Å². The minimum atomic E-state index is 0.0278. The lowest BCUT2D eigenvalue weighted by Crippen LogP contribution is -2.44. The van der Waals surface area contributed by atoms with Gasteiger partial charge in [0, 0.05) is 39.6 Å². The summed E-state index contributed by atoms with van der Waals surface area (Å²) in [4.78, 5) is 19.3. The summed E-state index contributed by atoms with van der Waals surface area (Å²) in [5.74, 6) is 2.70. The van der Waals surface area contributed by atoms with E-state index in [4.69, 9.17) is 4.42 Å². The van der Waals surface area contributed by atoms with E-state index in [9.17, 15) is 4.79 Å². The van der Waals surface area contributed by atoms with Crippen LogP contribution < -0.4 is 16.3 Å². The molecule has 1 unspecified atom stereocenters. The molecule has 9 nitrogen and oxygen atoms in total. The van der Waals surface area contributed by atoms with E-state index in [-0.39, 0.29) is 11.7 Å². The third kappa shape index (κ3) is 5.39. The van der Waals surface area contributed by atoms with Crippen LogP contribution >= 0.6 is 0 Å². The molecule has 170 valence electrons. The van der Waals surface area contributed by atoms with Gasteiger partial charge in [0.05, 0.1) is 12.3 Å². The van der Waals surface area contributed by atoms with Crippen LogP contribution in [0.15, 0.2) is 32.6 Å². The Morgan fingerprint density at radius 2 is 2.03 bits per heavy atom. The summed E-state index contributed by atoms with van der Waals surface area (Å²) >= 11 is 0. The molecule has 31 heavy (non-hydrogen) atoms. The summed E-state index contributed by atoms with van der Waals surface area (Å²) in [6.07, 6.45) is 9.43. The van der Waals surface area contributed by atoms with Crippen molar-refractivity contribution in [2.45, 2.75) is 64.1 Å². The van der Waals surface area contributed by atoms with E-state index in [0.29, 0.717) is 6.54 Å². The molecule has 9 heteroatoms. The van der Waals surface area contributed by atoms with Crippen molar-refractivity contribution in [1.82, 2.24) is 29.9 Å². The maximum absolute atomic E-state index is 12.4. The van der Waals surface area contributed by atoms with Crippen molar-refractivity contribution in [2.24, 2.45) is 4.99 Å². The Labute approximate surface area is 183 Å². The van der Waals surface area contributed by atoms with Gasteiger partial charge in [-0.25, -0.2) is 9.48 Å². The Bertz CT molecular complexity index is 894. The third-order valence-electron chi connectivity index (χ3n) is 6.26. The Kier molecular flexibility index (Phi) is 7.45. The van der Waals surface area contributed by atoms with Crippen molar-refractivity contribution in [3.63, 3.8) is 0 Å². The maximum Gasteiger partial charge on any atom is 0.345 e. The molecule has 0 aliphatic carbocycles. The van der Waals surface area contributed by atoms with Crippen LogP contribution in [0.5, 0.6) is 0 Å². The summed E-state index contributed by atoms with van der Waals surface area (Å²) < 4.78 is 9.16. The molecule has 1 atom stereocenters. The van der Waals surface area contributed by atoms with Crippen LogP contribution in [0.4, 0.5) is 0 Å². The van der Waals surface area contributed by atoms with E-state index in [1.54, 1.807) is 18.0 Å². The van der Waals surface area contributed by atoms with Crippen LogP contribution in [-0.2, 0) is 19.5 Å². The van der Waals surface area contributed by atoms with Crippen molar-refractivity contribution < 1.29 is 4.42 Å². The fourth-order valence-corrected chi connectivity index (χ4v) is 4.56. The number of nitrogens with one attached hydrogen (secondary N) is 2. The predicted octanol–water partition coefficient (Wildman–Crippen LogP) is 1.76. The summed E-state index contributed by atoms with van der Waals surface area (Å²) in [6.45, 7) is 5.08. The number of aryl methyl sites for hydroxylation is 2. The number of rotatable bonds is 8. The van der Waals surface area contributed by atoms with Crippen LogP contribution in [0.1, 0.15) is 56.2 Å². The number of furan rings is 1. The molecule has 1 saturated heterocycles. The first kappa shape index (κ1) is 21.7. The largest absolute Gasteiger partial charge is 0.468 e. The van der Waals surface area contributed by atoms with Gasteiger partial charge in [-0.15, -0.1) is 0 Å². The van der Waals surface area contributed by atoms with Crippen LogP contribution in [0.3, 0.4) is 0 Å². The highest BCUT2D eigenvalue weighted by atomic mass is 16.3. The molecule has 0 radical (unpaired) electrons. The number of hydrogen-bond acceptors (Lipinski definition) is 5. The number of aromatic nitrogens is 3. The average molecular weight is 430 g/mol. The maximum atomic E-state index is 12.4. The first-order chi connectivity index (χ1) is 15.3. The molecule has 2 aliphatic heterocycles. The van der Waals surface area contributed by atoms with E-state index >= 15 is 0 Å². The van der Waals surface area contributed by atoms with Gasteiger partial charge in [-0.2, -0.15) is 5.10 Å². The van der Waals surface area contributed by atoms with Crippen molar-refractivity contribution in [1.29, 1.82) is 0 Å². The number of likely N-dealkylation sites (tertiary alicyclic amines) is 1. The molecule has 2 aromatic heterocycles. The number of aliphatic imine (C=N–C) groups is 1. The molecular formula is C22H35N7O2. The standard InChI is InChI=1S/C22H35N7O2/c1-23-21(24-11-8-15-29-22(30)28-14-6-3-10-20(28)26-29)25-17-18(19-9-7-16-31-19)27-12-4-2-5-13-27/h7,9,16,18H,2-6,8,10-15,17H2,1H3,(H2,23,24,25). The molecule has 4 rings (SSSR count). The fourth-order valence-electron chi connectivity index (χ4n) is 4.56. The normalized spacial score (nSPS) is 18.5. The van der Waals surface area contributed by atoms with Crippen LogP contribution in [-0.4, -0.2) is 58.4 Å². The molecule has 2 aliphatic rings. The topological polar surface area (TPSA) is 92.6 Å². The quantitative estimate of drug-likeness (QED) is 0.377. The Hall–Kier alpha value is -2.55. The Balaban J connectivity index is 1.25. The third-order valence-corrected chi connectivity index (χ3v) is 6.26. The summed E-state index contributed by atoms with van der Waals surface area (Å²) in [6, 6.07) is 4.21. The number of guanidine groups is 1. The van der Waals surface area contributed by atoms with Crippen LogP contribution in [0, 0.1) is 0 Å². The van der Waals surface area contributed by atoms with Gasteiger partial charge in [0.15, 0.2) is 5.96 Å². The highest BCUT2D eigenvalue weighted by Gasteiger charge is 2.24. The number of hydrogen-bond donors (Lipinski definition) is 2. The second-order valence-electron chi connectivity index (χ2n) is 8.39. The van der Waals surface area contributed by atoms with Crippen LogP contribution in [0.25, 0.3) is 0 Å². The average Bonchev–Trinajstić information content (AvgIpc) is 3.45. The van der Waals surface area contributed by atoms with Gasteiger partial charge >= 0.3 is 5.69 Å². The van der Waals surface area contributed by atoms with E-state index in [0.717, 1.165) is 76.0 Å². The van der Waals surface area contributed by atoms with E-state index in [2.05, 4.69) is 31.7 Å². The zero-order valence-electron chi connectivity index (χ0n) is 18.6. The minimum Gasteiger partial charge on any atom is -0.468 e. The summed E-state index contributed by atoms with van der Waals surface area (Å²) in [5.41, 5.74) is 0.0278. The highest BCUT2D eigenvalue weighted by molar-refractivity contribution is 5.79. The monoisotopic (exact) mass is 429 g/mol. The predicted molar refractivity (Wildman–Crippen MR) is 120 cm³/mol. The summed E-state index contributed by atoms with van der Waals surface area (Å²) in [7, 11) is 1.78. The van der Waals surface area contributed by atoms with Crippen molar-refractivity contribution in [3.8, 4) is 0 Å². The van der Waals surface area contributed by atoms with Crippen molar-refractivity contribution >= 4 is 5.96 Å². The first-order valence-corrected chi connectivity index (χ1v) is 11.6. The molecule has 0 saturated carbocycles. The molecule has 0 aromatic carbocycles. The van der Waals surface area contributed by atoms with Gasteiger partial charge in [-0.1, -0.05) is 6.42 Å². The smallest absolute Gasteiger partial charge is 0.345 e. The van der Waals surface area contributed by atoms with Crippen LogP contribution in [0.2, 0.25) is 0 Å². The number of piperidine rings is 1. The second-order valence-corrected chi connectivity index (χ2v) is 8.39. The number of fused-ring (bicyclic) bond motifs is 1. The SMILES string of the molecule is CN=C(NCCCn1nc2n(c1=O)CCCC2)NCC(c1ccco1)N1CCCCC1. The van der Waals surface area contributed by atoms with Gasteiger partial charge < -0.3 is 15.1 Å². The molecular weight excluding hydrogens is 394 g/mol. The lowest BCUT2D eigenvalue weighted by molar-refractivity contribution is 0.146. The van der Waals surface area contributed by atoms with E-state index in [1.165, 1.54) is 19.3 Å². The molecule has 2 aromatic rings. The molecule has 4 heterocycles. The van der Waals surface area contributed by atoms with E-state index < -0.39 is 0 Å². The zero-order valence-corrected chi connectivity index (χ0v) is 18.6. The van der Waals surface area contributed by atoms with Gasteiger partial charge in [0.25, 0.3) is 0 Å². The fraction of sp³-hybridized carbons (Fsp3) is 0.682. The molecule has 0 spiro atoms. The van der Waals surface area contributed by atoms with Crippen molar-refractivity contribution in [3.05, 3.63) is 40.5 Å². The lowest BCUT2D eigenvalue weighted by atomic mass is 10.1. The highest BCUT2D eigenvalue weighted by Crippen LogP contribution is 2.24. The Morgan fingerprint density at radius 3 is 2.77 bits per heavy atom. The summed E-state index contributed by atoms with van der Waals surface area (Å²) in [5, 5.41) is 11.3. The minimum absolute atomic E-state index is 0.0278. The number of nitrogens with zero attached hydrogens (tertiary/aromatic N) is 5. The molecule has 0 bridgehead atoms. The van der Waals surface area contributed by atoms with Crippen molar-refractivity contribution in [2.75, 3.05) is 33.2 Å². The van der Waals surface area contributed by atoms with E-state index in [1.807, 2.05) is 10.6 Å². The second kappa shape index (κ2) is 10.7.